The van der Waals surface area contributed by atoms with Gasteiger partial charge < -0.3 is 5.73 Å². The van der Waals surface area contributed by atoms with Gasteiger partial charge in [0.05, 0.1) is 4.99 Å². The summed E-state index contributed by atoms with van der Waals surface area (Å²) in [6.07, 6.45) is 1.66. The molecule has 3 heteroatoms. The molecule has 1 aromatic carbocycles. The van der Waals surface area contributed by atoms with Crippen LogP contribution in [0, 0.1) is 6.92 Å². The molecule has 0 unspecified atom stereocenters. The van der Waals surface area contributed by atoms with E-state index in [9.17, 15) is 0 Å². The molecule has 0 saturated heterocycles. The van der Waals surface area contributed by atoms with Gasteiger partial charge in [-0.3, -0.25) is 0 Å². The lowest BCUT2D eigenvalue weighted by molar-refractivity contribution is 1.04. The highest BCUT2D eigenvalue weighted by atomic mass is 35.5. The molecule has 1 aromatic rings. The van der Waals surface area contributed by atoms with E-state index < -0.39 is 0 Å². The van der Waals surface area contributed by atoms with Crippen molar-refractivity contribution in [3.05, 3.63) is 34.3 Å². The number of benzene rings is 1. The SMILES string of the molecule is Cc1cc(CCC(N)=S)ccc1Cl. The molecule has 0 spiro atoms. The lowest BCUT2D eigenvalue weighted by Gasteiger charge is -2.03. The van der Waals surface area contributed by atoms with Crippen molar-refractivity contribution in [1.82, 2.24) is 0 Å². The van der Waals surface area contributed by atoms with Gasteiger partial charge in [0, 0.05) is 11.4 Å². The van der Waals surface area contributed by atoms with E-state index in [1.54, 1.807) is 0 Å². The Morgan fingerprint density at radius 2 is 2.23 bits per heavy atom. The maximum atomic E-state index is 5.89. The topological polar surface area (TPSA) is 26.0 Å². The Labute approximate surface area is 88.9 Å². The van der Waals surface area contributed by atoms with Crippen molar-refractivity contribution in [2.24, 2.45) is 5.73 Å². The molecule has 13 heavy (non-hydrogen) atoms. The number of hydrogen-bond donors (Lipinski definition) is 1. The molecule has 1 rings (SSSR count). The fraction of sp³-hybridized carbons (Fsp3) is 0.300. The van der Waals surface area contributed by atoms with Crippen molar-refractivity contribution in [1.29, 1.82) is 0 Å². The van der Waals surface area contributed by atoms with Gasteiger partial charge >= 0.3 is 0 Å². The van der Waals surface area contributed by atoms with Crippen LogP contribution in [0.5, 0.6) is 0 Å². The van der Waals surface area contributed by atoms with Crippen molar-refractivity contribution in [3.8, 4) is 0 Å². The number of aryl methyl sites for hydroxylation is 2. The highest BCUT2D eigenvalue weighted by Gasteiger charge is 1.98. The van der Waals surface area contributed by atoms with Crippen LogP contribution in [-0.2, 0) is 6.42 Å². The first kappa shape index (κ1) is 10.5. The van der Waals surface area contributed by atoms with Crippen LogP contribution in [0.4, 0.5) is 0 Å². The van der Waals surface area contributed by atoms with Crippen molar-refractivity contribution in [3.63, 3.8) is 0 Å². The maximum absolute atomic E-state index is 5.89. The van der Waals surface area contributed by atoms with Crippen LogP contribution in [0.3, 0.4) is 0 Å². The molecule has 2 N–H and O–H groups in total. The number of nitrogens with two attached hydrogens (primary N) is 1. The second-order valence-electron chi connectivity index (χ2n) is 3.05. The van der Waals surface area contributed by atoms with Gasteiger partial charge in [0.2, 0.25) is 0 Å². The van der Waals surface area contributed by atoms with Gasteiger partial charge in [-0.15, -0.1) is 0 Å². The first-order valence-corrected chi connectivity index (χ1v) is 4.91. The summed E-state index contributed by atoms with van der Waals surface area (Å²) in [4.78, 5) is 0.563. The Kier molecular flexibility index (Phi) is 3.70. The van der Waals surface area contributed by atoms with E-state index in [1.807, 2.05) is 19.1 Å². The van der Waals surface area contributed by atoms with Crippen LogP contribution < -0.4 is 5.73 Å². The summed E-state index contributed by atoms with van der Waals surface area (Å²) in [5.41, 5.74) is 7.74. The van der Waals surface area contributed by atoms with Gasteiger partial charge in [-0.25, -0.2) is 0 Å². The van der Waals surface area contributed by atoms with Crippen LogP contribution in [0.15, 0.2) is 18.2 Å². The van der Waals surface area contributed by atoms with Crippen molar-refractivity contribution in [2.45, 2.75) is 19.8 Å². The largest absolute Gasteiger partial charge is 0.393 e. The minimum Gasteiger partial charge on any atom is -0.393 e. The second-order valence-corrected chi connectivity index (χ2v) is 3.98. The molecule has 0 saturated carbocycles. The van der Waals surface area contributed by atoms with Gasteiger partial charge in [-0.05, 0) is 30.5 Å². The van der Waals surface area contributed by atoms with Crippen LogP contribution in [0.2, 0.25) is 5.02 Å². The highest BCUT2D eigenvalue weighted by molar-refractivity contribution is 7.80. The van der Waals surface area contributed by atoms with Crippen molar-refractivity contribution < 1.29 is 0 Å². The number of halogens is 1. The van der Waals surface area contributed by atoms with E-state index in [2.05, 4.69) is 6.07 Å². The monoisotopic (exact) mass is 213 g/mol. The van der Waals surface area contributed by atoms with Crippen molar-refractivity contribution >= 4 is 28.8 Å². The molecule has 0 aromatic heterocycles. The quantitative estimate of drug-likeness (QED) is 0.782. The van der Waals surface area contributed by atoms with Gasteiger partial charge in [-0.2, -0.15) is 0 Å². The summed E-state index contributed by atoms with van der Waals surface area (Å²) in [5, 5.41) is 0.805. The van der Waals surface area contributed by atoms with E-state index in [4.69, 9.17) is 29.6 Å². The molecular weight excluding hydrogens is 202 g/mol. The summed E-state index contributed by atoms with van der Waals surface area (Å²) >= 11 is 10.7. The molecule has 0 aliphatic rings. The third-order valence-electron chi connectivity index (χ3n) is 1.88. The molecule has 0 atom stereocenters. The zero-order valence-electron chi connectivity index (χ0n) is 7.51. The Morgan fingerprint density at radius 1 is 1.54 bits per heavy atom. The second kappa shape index (κ2) is 4.58. The molecule has 0 aliphatic carbocycles. The van der Waals surface area contributed by atoms with E-state index in [1.165, 1.54) is 5.56 Å². The zero-order valence-corrected chi connectivity index (χ0v) is 9.08. The number of hydrogen-bond acceptors (Lipinski definition) is 1. The fourth-order valence-corrected chi connectivity index (χ4v) is 1.35. The lowest BCUT2D eigenvalue weighted by Crippen LogP contribution is -2.08. The number of thiocarbonyl (C=S) groups is 1. The summed E-state index contributed by atoms with van der Waals surface area (Å²) in [7, 11) is 0. The predicted octanol–water partition coefficient (Wildman–Crippen LogP) is 2.87. The average Bonchev–Trinajstić information content (AvgIpc) is 2.07. The van der Waals surface area contributed by atoms with Crippen LogP contribution in [0.25, 0.3) is 0 Å². The molecule has 0 bridgehead atoms. The minimum atomic E-state index is 0.563. The molecular formula is C10H12ClNS. The molecule has 0 amide bonds. The van der Waals surface area contributed by atoms with E-state index in [0.29, 0.717) is 4.99 Å². The third kappa shape index (κ3) is 3.33. The first-order valence-electron chi connectivity index (χ1n) is 4.13. The maximum Gasteiger partial charge on any atom is 0.0730 e. The van der Waals surface area contributed by atoms with E-state index in [0.717, 1.165) is 23.4 Å². The predicted molar refractivity (Wildman–Crippen MR) is 61.3 cm³/mol. The number of rotatable bonds is 3. The summed E-state index contributed by atoms with van der Waals surface area (Å²) in [6.45, 7) is 1.99. The summed E-state index contributed by atoms with van der Waals surface area (Å²) in [6, 6.07) is 5.99. The lowest BCUT2D eigenvalue weighted by atomic mass is 10.1. The Morgan fingerprint density at radius 3 is 2.77 bits per heavy atom. The van der Waals surface area contributed by atoms with E-state index >= 15 is 0 Å². The highest BCUT2D eigenvalue weighted by Crippen LogP contribution is 2.17. The fourth-order valence-electron chi connectivity index (χ4n) is 1.13. The molecule has 0 fully saturated rings. The van der Waals surface area contributed by atoms with Crippen LogP contribution in [0.1, 0.15) is 17.5 Å². The standard InChI is InChI=1S/C10H12ClNS/c1-7-6-8(2-4-9(7)11)3-5-10(12)13/h2,4,6H,3,5H2,1H3,(H2,12,13). The Balaban J connectivity index is 2.68. The van der Waals surface area contributed by atoms with Crippen LogP contribution in [-0.4, -0.2) is 4.99 Å². The third-order valence-corrected chi connectivity index (χ3v) is 2.51. The van der Waals surface area contributed by atoms with Gasteiger partial charge in [0.25, 0.3) is 0 Å². The van der Waals surface area contributed by atoms with E-state index in [-0.39, 0.29) is 0 Å². The zero-order chi connectivity index (χ0) is 9.84. The Hall–Kier alpha value is -0.600. The summed E-state index contributed by atoms with van der Waals surface area (Å²) < 4.78 is 0. The van der Waals surface area contributed by atoms with Gasteiger partial charge in [-0.1, -0.05) is 36.0 Å². The van der Waals surface area contributed by atoms with Crippen LogP contribution >= 0.6 is 23.8 Å². The molecule has 0 radical (unpaired) electrons. The Bertz CT molecular complexity index is 323. The van der Waals surface area contributed by atoms with Gasteiger partial charge in [0.15, 0.2) is 0 Å². The first-order chi connectivity index (χ1) is 6.09. The smallest absolute Gasteiger partial charge is 0.0730 e. The molecule has 0 aliphatic heterocycles. The molecule has 1 nitrogen and oxygen atoms in total. The molecule has 0 heterocycles. The molecule has 70 valence electrons. The minimum absolute atomic E-state index is 0.563. The normalized spacial score (nSPS) is 10.0. The van der Waals surface area contributed by atoms with Gasteiger partial charge in [0.1, 0.15) is 0 Å². The van der Waals surface area contributed by atoms with Crippen molar-refractivity contribution in [2.75, 3.05) is 0 Å². The average molecular weight is 214 g/mol. The summed E-state index contributed by atoms with van der Waals surface area (Å²) in [5.74, 6) is 0.